The van der Waals surface area contributed by atoms with Crippen LogP contribution in [-0.2, 0) is 0 Å². The second kappa shape index (κ2) is 6.12. The molecule has 1 heteroatoms. The molecule has 0 amide bonds. The minimum atomic E-state index is 0.621. The highest BCUT2D eigenvalue weighted by Crippen LogP contribution is 2.59. The van der Waals surface area contributed by atoms with E-state index >= 15 is 0 Å². The van der Waals surface area contributed by atoms with Gasteiger partial charge in [-0.2, -0.15) is 0 Å². The first-order valence-electron chi connectivity index (χ1n) is 7.58. The van der Waals surface area contributed by atoms with E-state index in [2.05, 4.69) is 28.6 Å². The predicted molar refractivity (Wildman–Crippen MR) is 76.9 cm³/mol. The Morgan fingerprint density at radius 2 is 1.44 bits per heavy atom. The van der Waals surface area contributed by atoms with Crippen LogP contribution in [0.4, 0.5) is 0 Å². The lowest BCUT2D eigenvalue weighted by Crippen LogP contribution is -2.32. The van der Waals surface area contributed by atoms with Gasteiger partial charge < -0.3 is 0 Å². The van der Waals surface area contributed by atoms with Crippen LogP contribution in [0, 0.1) is 5.41 Å². The van der Waals surface area contributed by atoms with Crippen molar-refractivity contribution in [2.24, 2.45) is 5.41 Å². The van der Waals surface area contributed by atoms with Gasteiger partial charge in [-0.25, -0.2) is 0 Å². The zero-order chi connectivity index (χ0) is 12.1. The molecule has 0 saturated heterocycles. The third kappa shape index (κ3) is 3.05. The third-order valence-corrected chi connectivity index (χ3v) is 5.33. The molecule has 94 valence electrons. The van der Waals surface area contributed by atoms with Crippen molar-refractivity contribution in [1.29, 1.82) is 0 Å². The van der Waals surface area contributed by atoms with Gasteiger partial charge >= 0.3 is 0 Å². The van der Waals surface area contributed by atoms with E-state index in [1.807, 2.05) is 0 Å². The smallest absolute Gasteiger partial charge is 0.0654 e. The zero-order valence-electron chi connectivity index (χ0n) is 12.1. The van der Waals surface area contributed by atoms with Crippen LogP contribution < -0.4 is 0 Å². The van der Waals surface area contributed by atoms with Crippen LogP contribution in [-0.4, -0.2) is 7.85 Å². The molecular weight excluding hydrogens is 191 g/mol. The van der Waals surface area contributed by atoms with Gasteiger partial charge in [0.15, 0.2) is 0 Å². The van der Waals surface area contributed by atoms with Gasteiger partial charge in [0.05, 0.1) is 0 Å². The Hall–Kier alpha value is 0.0649. The summed E-state index contributed by atoms with van der Waals surface area (Å²) in [5, 5.41) is 0.650. The second-order valence-electron chi connectivity index (χ2n) is 6.54. The topological polar surface area (TPSA) is 0 Å². The summed E-state index contributed by atoms with van der Waals surface area (Å²) in [6.45, 7) is 7.25. The fraction of sp³-hybridized carbons (Fsp3) is 1.00. The molecule has 1 fully saturated rings. The van der Waals surface area contributed by atoms with E-state index in [-0.39, 0.29) is 0 Å². The monoisotopic (exact) mass is 222 g/mol. The van der Waals surface area contributed by atoms with Crippen molar-refractivity contribution in [3.8, 4) is 0 Å². The van der Waals surface area contributed by atoms with Crippen molar-refractivity contribution in [1.82, 2.24) is 0 Å². The molecule has 0 spiro atoms. The molecule has 1 rings (SSSR count). The molecule has 0 atom stereocenters. The van der Waals surface area contributed by atoms with Crippen molar-refractivity contribution in [3.63, 3.8) is 0 Å². The first-order valence-corrected chi connectivity index (χ1v) is 7.58. The number of unbranched alkanes of at least 4 members (excludes halogenated alkanes) is 2. The highest BCUT2D eigenvalue weighted by atomic mass is 14.5. The largest absolute Gasteiger partial charge is 0.110 e. The number of hydrogen-bond donors (Lipinski definition) is 0. The average Bonchev–Trinajstić information content (AvgIpc) is 2.72. The third-order valence-electron chi connectivity index (χ3n) is 5.33. The van der Waals surface area contributed by atoms with E-state index in [1.165, 1.54) is 64.2 Å². The highest BCUT2D eigenvalue weighted by Gasteiger charge is 2.44. The van der Waals surface area contributed by atoms with E-state index in [0.717, 1.165) is 0 Å². The van der Waals surface area contributed by atoms with Gasteiger partial charge in [0.25, 0.3) is 0 Å². The van der Waals surface area contributed by atoms with Crippen LogP contribution in [0.2, 0.25) is 5.31 Å². The van der Waals surface area contributed by atoms with Crippen molar-refractivity contribution < 1.29 is 0 Å². The molecule has 1 aliphatic rings. The molecule has 0 bridgehead atoms. The highest BCUT2D eigenvalue weighted by molar-refractivity contribution is 6.16. The summed E-state index contributed by atoms with van der Waals surface area (Å²) >= 11 is 0. The van der Waals surface area contributed by atoms with E-state index < -0.39 is 0 Å². The minimum absolute atomic E-state index is 0.621. The fourth-order valence-corrected chi connectivity index (χ4v) is 3.62. The lowest BCUT2D eigenvalue weighted by molar-refractivity contribution is 0.163. The number of hydrogen-bond acceptors (Lipinski definition) is 0. The van der Waals surface area contributed by atoms with Gasteiger partial charge in [0, 0.05) is 0 Å². The quantitative estimate of drug-likeness (QED) is 0.546. The minimum Gasteiger partial charge on any atom is -0.0654 e. The summed E-state index contributed by atoms with van der Waals surface area (Å²) in [6.07, 6.45) is 14.4. The molecule has 0 aromatic rings. The summed E-state index contributed by atoms with van der Waals surface area (Å²) in [7, 11) is 2.57. The maximum atomic E-state index is 2.59. The van der Waals surface area contributed by atoms with E-state index in [9.17, 15) is 0 Å². The lowest BCUT2D eigenvalue weighted by atomic mass is 9.49. The second-order valence-corrected chi connectivity index (χ2v) is 6.54. The van der Waals surface area contributed by atoms with Crippen LogP contribution in [0.15, 0.2) is 0 Å². The molecule has 16 heavy (non-hydrogen) atoms. The predicted octanol–water partition coefficient (Wildman–Crippen LogP) is 4.74. The van der Waals surface area contributed by atoms with E-state index in [1.54, 1.807) is 0 Å². The Kier molecular flexibility index (Phi) is 5.40. The van der Waals surface area contributed by atoms with Gasteiger partial charge in [-0.3, -0.25) is 0 Å². The van der Waals surface area contributed by atoms with Gasteiger partial charge in [-0.15, -0.1) is 0 Å². The van der Waals surface area contributed by atoms with Crippen molar-refractivity contribution in [3.05, 3.63) is 0 Å². The Morgan fingerprint density at radius 3 is 1.81 bits per heavy atom. The molecule has 0 heterocycles. The van der Waals surface area contributed by atoms with Gasteiger partial charge in [-0.05, 0) is 18.3 Å². The molecule has 0 aliphatic heterocycles. The van der Waals surface area contributed by atoms with Crippen LogP contribution in [0.5, 0.6) is 0 Å². The van der Waals surface area contributed by atoms with Crippen LogP contribution in [0.1, 0.15) is 85.0 Å². The molecule has 0 aromatic carbocycles. The maximum Gasteiger partial charge on any atom is 0.110 e. The maximum absolute atomic E-state index is 2.59. The summed E-state index contributed by atoms with van der Waals surface area (Å²) in [4.78, 5) is 0. The van der Waals surface area contributed by atoms with Gasteiger partial charge in [-0.1, -0.05) is 77.5 Å². The van der Waals surface area contributed by atoms with Crippen LogP contribution in [0.25, 0.3) is 0 Å². The first-order chi connectivity index (χ1) is 7.58. The Balaban J connectivity index is 2.67. The Labute approximate surface area is 104 Å². The molecular formula is C15H31B. The standard InChI is InChI=1S/C15H31B/c1-4-6-10-14(3,11-7-5-2)15(16)12-8-9-13-15/h4-13,16H2,1-3H3. The SMILES string of the molecule is BC1(C(C)(CCCC)CCCC)CCCC1. The summed E-state index contributed by atoms with van der Waals surface area (Å²) < 4.78 is 0. The van der Waals surface area contributed by atoms with Crippen molar-refractivity contribution >= 4 is 7.85 Å². The normalized spacial score (nSPS) is 20.2. The van der Waals surface area contributed by atoms with Gasteiger partial charge in [0.1, 0.15) is 7.85 Å². The van der Waals surface area contributed by atoms with E-state index in [0.29, 0.717) is 10.7 Å². The fourth-order valence-electron chi connectivity index (χ4n) is 3.62. The van der Waals surface area contributed by atoms with Crippen molar-refractivity contribution in [2.75, 3.05) is 0 Å². The lowest BCUT2D eigenvalue weighted by Gasteiger charge is -2.45. The molecule has 0 N–H and O–H groups in total. The first kappa shape index (κ1) is 14.1. The Bertz CT molecular complexity index is 184. The van der Waals surface area contributed by atoms with Gasteiger partial charge in [0.2, 0.25) is 0 Å². The van der Waals surface area contributed by atoms with Crippen LogP contribution >= 0.6 is 0 Å². The summed E-state index contributed by atoms with van der Waals surface area (Å²) in [5.74, 6) is 0. The summed E-state index contributed by atoms with van der Waals surface area (Å²) in [6, 6.07) is 0. The number of rotatable bonds is 7. The van der Waals surface area contributed by atoms with E-state index in [4.69, 9.17) is 0 Å². The summed E-state index contributed by atoms with van der Waals surface area (Å²) in [5.41, 5.74) is 0.621. The molecule has 0 unspecified atom stereocenters. The van der Waals surface area contributed by atoms with Crippen molar-refractivity contribution in [2.45, 2.75) is 90.3 Å². The Morgan fingerprint density at radius 1 is 1.00 bits per heavy atom. The molecule has 1 saturated carbocycles. The average molecular weight is 222 g/mol. The molecule has 0 nitrogen and oxygen atoms in total. The zero-order valence-corrected chi connectivity index (χ0v) is 12.1. The molecule has 1 aliphatic carbocycles. The van der Waals surface area contributed by atoms with Crippen LogP contribution in [0.3, 0.4) is 0 Å². The molecule has 0 radical (unpaired) electrons. The molecule has 0 aromatic heterocycles.